The number of anilines is 1. The van der Waals surface area contributed by atoms with Gasteiger partial charge in [-0.15, -0.1) is 0 Å². The number of rotatable bonds is 8. The lowest BCUT2D eigenvalue weighted by molar-refractivity contribution is 0.112. The number of carbonyl (C=O) groups is 1. The summed E-state index contributed by atoms with van der Waals surface area (Å²) in [5.74, 6) is 0.694. The van der Waals surface area contributed by atoms with Crippen molar-refractivity contribution >= 4 is 12.1 Å². The molecule has 0 saturated heterocycles. The first-order valence-electron chi connectivity index (χ1n) is 7.54. The van der Waals surface area contributed by atoms with Gasteiger partial charge < -0.3 is 5.32 Å². The standard InChI is InChI=1S/C18H22N2O/c1-2-7-17(12-11-15-8-4-3-5-9-15)20-18-16(14-21)10-6-13-19-18/h3-6,8-10,13-14,17H,2,7,11-12H2,1H3,(H,19,20). The zero-order valence-electron chi connectivity index (χ0n) is 12.5. The Morgan fingerprint density at radius 2 is 1.95 bits per heavy atom. The highest BCUT2D eigenvalue weighted by Crippen LogP contribution is 2.16. The molecule has 0 aliphatic carbocycles. The largest absolute Gasteiger partial charge is 0.367 e. The highest BCUT2D eigenvalue weighted by molar-refractivity contribution is 5.82. The highest BCUT2D eigenvalue weighted by atomic mass is 16.1. The van der Waals surface area contributed by atoms with Crippen molar-refractivity contribution in [1.82, 2.24) is 4.98 Å². The van der Waals surface area contributed by atoms with E-state index in [4.69, 9.17) is 0 Å². The van der Waals surface area contributed by atoms with E-state index in [1.807, 2.05) is 6.07 Å². The van der Waals surface area contributed by atoms with E-state index in [9.17, 15) is 4.79 Å². The second-order valence-electron chi connectivity index (χ2n) is 5.21. The molecule has 1 aromatic carbocycles. The van der Waals surface area contributed by atoms with E-state index in [1.165, 1.54) is 5.56 Å². The molecule has 2 rings (SSSR count). The summed E-state index contributed by atoms with van der Waals surface area (Å²) in [7, 11) is 0. The first-order chi connectivity index (χ1) is 10.3. The summed E-state index contributed by atoms with van der Waals surface area (Å²) in [6.07, 6.45) is 6.82. The van der Waals surface area contributed by atoms with Gasteiger partial charge in [0.15, 0.2) is 6.29 Å². The van der Waals surface area contributed by atoms with Crippen LogP contribution in [0.15, 0.2) is 48.7 Å². The molecule has 1 N–H and O–H groups in total. The molecule has 1 heterocycles. The molecule has 21 heavy (non-hydrogen) atoms. The minimum absolute atomic E-state index is 0.337. The number of aldehydes is 1. The van der Waals surface area contributed by atoms with Gasteiger partial charge >= 0.3 is 0 Å². The van der Waals surface area contributed by atoms with Crippen LogP contribution in [0.5, 0.6) is 0 Å². The maximum Gasteiger partial charge on any atom is 0.153 e. The third kappa shape index (κ3) is 4.71. The minimum Gasteiger partial charge on any atom is -0.367 e. The van der Waals surface area contributed by atoms with Crippen molar-refractivity contribution in [3.63, 3.8) is 0 Å². The lowest BCUT2D eigenvalue weighted by atomic mass is 10.0. The summed E-state index contributed by atoms with van der Waals surface area (Å²) in [4.78, 5) is 15.4. The van der Waals surface area contributed by atoms with Crippen LogP contribution < -0.4 is 5.32 Å². The molecule has 0 fully saturated rings. The van der Waals surface area contributed by atoms with Crippen LogP contribution in [0.4, 0.5) is 5.82 Å². The molecule has 0 aliphatic rings. The van der Waals surface area contributed by atoms with Gasteiger partial charge in [-0.05, 0) is 37.0 Å². The third-order valence-corrected chi connectivity index (χ3v) is 3.57. The van der Waals surface area contributed by atoms with E-state index in [1.54, 1.807) is 18.3 Å². The molecular weight excluding hydrogens is 260 g/mol. The van der Waals surface area contributed by atoms with Crippen molar-refractivity contribution in [3.05, 3.63) is 59.8 Å². The number of pyridine rings is 1. The van der Waals surface area contributed by atoms with Crippen LogP contribution in [-0.2, 0) is 6.42 Å². The van der Waals surface area contributed by atoms with Crippen LogP contribution in [0, 0.1) is 0 Å². The number of benzene rings is 1. The molecule has 3 nitrogen and oxygen atoms in total. The summed E-state index contributed by atoms with van der Waals surface area (Å²) in [5.41, 5.74) is 1.97. The first kappa shape index (κ1) is 15.2. The Balaban J connectivity index is 2.00. The highest BCUT2D eigenvalue weighted by Gasteiger charge is 2.11. The second kappa shape index (κ2) is 8.20. The minimum atomic E-state index is 0.337. The smallest absolute Gasteiger partial charge is 0.153 e. The average Bonchev–Trinajstić information content (AvgIpc) is 2.54. The Labute approximate surface area is 126 Å². The van der Waals surface area contributed by atoms with E-state index in [0.717, 1.165) is 32.0 Å². The molecule has 0 aliphatic heterocycles. The molecule has 0 amide bonds. The zero-order chi connectivity index (χ0) is 14.9. The predicted molar refractivity (Wildman–Crippen MR) is 86.7 cm³/mol. The molecule has 3 heteroatoms. The SMILES string of the molecule is CCCC(CCc1ccccc1)Nc1ncccc1C=O. The summed E-state index contributed by atoms with van der Waals surface area (Å²) in [6.45, 7) is 2.18. The van der Waals surface area contributed by atoms with Crippen LogP contribution in [0.3, 0.4) is 0 Å². The molecule has 1 atom stereocenters. The van der Waals surface area contributed by atoms with Gasteiger partial charge in [-0.1, -0.05) is 43.7 Å². The molecule has 0 saturated carbocycles. The van der Waals surface area contributed by atoms with Crippen LogP contribution in [-0.4, -0.2) is 17.3 Å². The number of nitrogens with one attached hydrogen (secondary N) is 1. The van der Waals surface area contributed by atoms with Crippen molar-refractivity contribution in [2.75, 3.05) is 5.32 Å². The number of hydrogen-bond donors (Lipinski definition) is 1. The molecular formula is C18H22N2O. The van der Waals surface area contributed by atoms with Crippen molar-refractivity contribution in [2.24, 2.45) is 0 Å². The van der Waals surface area contributed by atoms with Crippen molar-refractivity contribution in [3.8, 4) is 0 Å². The summed E-state index contributed by atoms with van der Waals surface area (Å²) in [6, 6.07) is 14.4. The average molecular weight is 282 g/mol. The van der Waals surface area contributed by atoms with Gasteiger partial charge in [0, 0.05) is 12.2 Å². The fraction of sp³-hybridized carbons (Fsp3) is 0.333. The van der Waals surface area contributed by atoms with Crippen LogP contribution in [0.25, 0.3) is 0 Å². The Bertz CT molecular complexity index is 554. The number of hydrogen-bond acceptors (Lipinski definition) is 3. The van der Waals surface area contributed by atoms with Gasteiger partial charge in [0.1, 0.15) is 5.82 Å². The summed E-state index contributed by atoms with van der Waals surface area (Å²) >= 11 is 0. The van der Waals surface area contributed by atoms with Crippen LogP contribution >= 0.6 is 0 Å². The maximum atomic E-state index is 11.1. The van der Waals surface area contributed by atoms with Crippen molar-refractivity contribution in [1.29, 1.82) is 0 Å². The quantitative estimate of drug-likeness (QED) is 0.741. The Hall–Kier alpha value is -2.16. The Kier molecular flexibility index (Phi) is 5.95. The fourth-order valence-electron chi connectivity index (χ4n) is 2.45. The molecule has 110 valence electrons. The maximum absolute atomic E-state index is 11.1. The van der Waals surface area contributed by atoms with Gasteiger partial charge in [0.25, 0.3) is 0 Å². The van der Waals surface area contributed by atoms with Gasteiger partial charge in [-0.3, -0.25) is 4.79 Å². The van der Waals surface area contributed by atoms with E-state index in [-0.39, 0.29) is 0 Å². The molecule has 0 spiro atoms. The topological polar surface area (TPSA) is 42.0 Å². The monoisotopic (exact) mass is 282 g/mol. The molecule has 1 unspecified atom stereocenters. The van der Waals surface area contributed by atoms with Gasteiger partial charge in [-0.25, -0.2) is 4.98 Å². The lowest BCUT2D eigenvalue weighted by Gasteiger charge is -2.19. The summed E-state index contributed by atoms with van der Waals surface area (Å²) < 4.78 is 0. The lowest BCUT2D eigenvalue weighted by Crippen LogP contribution is -2.21. The van der Waals surface area contributed by atoms with E-state index in [2.05, 4.69) is 41.5 Å². The molecule has 1 aromatic heterocycles. The summed E-state index contributed by atoms with van der Waals surface area (Å²) in [5, 5.41) is 3.43. The predicted octanol–water partition coefficient (Wildman–Crippen LogP) is 4.11. The molecule has 0 bridgehead atoms. The van der Waals surface area contributed by atoms with E-state index in [0.29, 0.717) is 17.4 Å². The van der Waals surface area contributed by atoms with Crippen molar-refractivity contribution in [2.45, 2.75) is 38.6 Å². The zero-order valence-corrected chi connectivity index (χ0v) is 12.5. The number of aromatic nitrogens is 1. The first-order valence-corrected chi connectivity index (χ1v) is 7.54. The van der Waals surface area contributed by atoms with Crippen LogP contribution in [0.1, 0.15) is 42.1 Å². The second-order valence-corrected chi connectivity index (χ2v) is 5.21. The number of nitrogens with zero attached hydrogens (tertiary/aromatic N) is 1. The number of aryl methyl sites for hydroxylation is 1. The van der Waals surface area contributed by atoms with Crippen LogP contribution in [0.2, 0.25) is 0 Å². The van der Waals surface area contributed by atoms with Gasteiger partial charge in [-0.2, -0.15) is 0 Å². The van der Waals surface area contributed by atoms with E-state index < -0.39 is 0 Å². The van der Waals surface area contributed by atoms with Gasteiger partial charge in [0.2, 0.25) is 0 Å². The Morgan fingerprint density at radius 1 is 1.14 bits per heavy atom. The third-order valence-electron chi connectivity index (χ3n) is 3.57. The molecule has 0 radical (unpaired) electrons. The molecule has 2 aromatic rings. The number of carbonyl (C=O) groups excluding carboxylic acids is 1. The van der Waals surface area contributed by atoms with Gasteiger partial charge in [0.05, 0.1) is 5.56 Å². The Morgan fingerprint density at radius 3 is 2.67 bits per heavy atom. The van der Waals surface area contributed by atoms with Crippen molar-refractivity contribution < 1.29 is 4.79 Å². The fourth-order valence-corrected chi connectivity index (χ4v) is 2.45. The normalized spacial score (nSPS) is 11.9. The van der Waals surface area contributed by atoms with E-state index >= 15 is 0 Å².